The predicted octanol–water partition coefficient (Wildman–Crippen LogP) is 4.55. The molecule has 162 valence electrons. The fraction of sp³-hybridized carbons (Fsp3) is 0.292. The van der Waals surface area contributed by atoms with Crippen molar-refractivity contribution in [1.82, 2.24) is 0 Å². The van der Waals surface area contributed by atoms with Crippen molar-refractivity contribution < 1.29 is 19.3 Å². The summed E-state index contributed by atoms with van der Waals surface area (Å²) in [6, 6.07) is 16.1. The first kappa shape index (κ1) is 21.6. The molecule has 1 heterocycles. The van der Waals surface area contributed by atoms with Crippen LogP contribution in [0.3, 0.4) is 0 Å². The van der Waals surface area contributed by atoms with Gasteiger partial charge in [0.1, 0.15) is 12.4 Å². The summed E-state index contributed by atoms with van der Waals surface area (Å²) in [7, 11) is 0. The normalized spacial score (nSPS) is 16.1. The third kappa shape index (κ3) is 6.21. The number of benzene rings is 2. The number of para-hydroxylation sites is 1. The Balaban J connectivity index is 1.24. The number of aliphatic hydroxyl groups excluding tert-OH is 1. The van der Waals surface area contributed by atoms with Crippen molar-refractivity contribution in [2.24, 2.45) is 4.99 Å². The van der Waals surface area contributed by atoms with Crippen LogP contribution in [0.2, 0.25) is 0 Å². The number of fused-ring (bicyclic) bond motifs is 1. The van der Waals surface area contributed by atoms with E-state index in [0.29, 0.717) is 33.0 Å². The molecule has 2 N–H and O–H groups in total. The molecule has 4 rings (SSSR count). The Labute approximate surface area is 186 Å². The predicted molar refractivity (Wildman–Crippen MR) is 124 cm³/mol. The highest BCUT2D eigenvalue weighted by molar-refractivity contribution is 8.03. The van der Waals surface area contributed by atoms with Crippen LogP contribution in [-0.4, -0.2) is 50.5 Å². The lowest BCUT2D eigenvalue weighted by molar-refractivity contribution is 0.0247. The lowest BCUT2D eigenvalue weighted by Crippen LogP contribution is -2.12. The maximum absolute atomic E-state index is 8.62. The molecular formula is C24H26N2O4S. The number of thioether (sulfide) groups is 1. The van der Waals surface area contributed by atoms with Gasteiger partial charge in [-0.15, -0.1) is 0 Å². The molecule has 0 bridgehead atoms. The summed E-state index contributed by atoms with van der Waals surface area (Å²) in [5.74, 6) is 0.789. The average Bonchev–Trinajstić information content (AvgIpc) is 2.80. The molecule has 0 fully saturated rings. The minimum atomic E-state index is 0.0323. The van der Waals surface area contributed by atoms with E-state index in [4.69, 9.17) is 24.3 Å². The number of nitrogens with one attached hydrogen (secondary N) is 1. The molecule has 0 radical (unpaired) electrons. The van der Waals surface area contributed by atoms with Gasteiger partial charge in [0.25, 0.3) is 0 Å². The summed E-state index contributed by atoms with van der Waals surface area (Å²) in [4.78, 5) is 7.34. The second kappa shape index (κ2) is 11.2. The standard InChI is InChI=1S/C24H26N2O4S/c27-11-12-28-13-14-29-15-16-30-20-8-5-18(6-9-20)25-19-7-10-22-24(17-19)31-23-4-2-1-3-21(23)26-22/h1-10,26-27H,11-17H2. The summed E-state index contributed by atoms with van der Waals surface area (Å²) in [6.45, 7) is 2.30. The van der Waals surface area contributed by atoms with Crippen molar-refractivity contribution in [2.75, 3.05) is 45.0 Å². The lowest BCUT2D eigenvalue weighted by Gasteiger charge is -2.24. The van der Waals surface area contributed by atoms with Gasteiger partial charge < -0.3 is 24.6 Å². The Morgan fingerprint density at radius 3 is 2.52 bits per heavy atom. The second-order valence-corrected chi connectivity index (χ2v) is 8.10. The van der Waals surface area contributed by atoms with Crippen molar-refractivity contribution in [2.45, 2.75) is 11.3 Å². The summed E-state index contributed by atoms with van der Waals surface area (Å²) in [5, 5.41) is 12.1. The van der Waals surface area contributed by atoms with Gasteiger partial charge in [0.15, 0.2) is 0 Å². The van der Waals surface area contributed by atoms with Gasteiger partial charge in [0.05, 0.1) is 44.4 Å². The molecule has 0 unspecified atom stereocenters. The molecule has 6 nitrogen and oxygen atoms in total. The van der Waals surface area contributed by atoms with Crippen molar-refractivity contribution in [3.05, 3.63) is 71.3 Å². The highest BCUT2D eigenvalue weighted by Gasteiger charge is 2.20. The molecule has 0 saturated heterocycles. The number of nitrogens with zero attached hydrogens (tertiary/aromatic N) is 1. The minimum Gasteiger partial charge on any atom is -0.491 e. The molecule has 2 aromatic rings. The van der Waals surface area contributed by atoms with Gasteiger partial charge in [-0.3, -0.25) is 4.99 Å². The Hall–Kier alpha value is -2.58. The van der Waals surface area contributed by atoms with E-state index in [9.17, 15) is 0 Å². The van der Waals surface area contributed by atoms with Gasteiger partial charge in [-0.05, 0) is 48.6 Å². The Bertz CT molecular complexity index is 970. The number of anilines is 1. The van der Waals surface area contributed by atoms with Crippen LogP contribution in [0.4, 0.5) is 11.4 Å². The highest BCUT2D eigenvalue weighted by atomic mass is 32.2. The van der Waals surface area contributed by atoms with Gasteiger partial charge >= 0.3 is 0 Å². The van der Waals surface area contributed by atoms with Crippen molar-refractivity contribution >= 4 is 28.8 Å². The van der Waals surface area contributed by atoms with Crippen LogP contribution in [0.5, 0.6) is 5.75 Å². The van der Waals surface area contributed by atoms with Crippen LogP contribution >= 0.6 is 11.8 Å². The van der Waals surface area contributed by atoms with E-state index in [1.54, 1.807) is 0 Å². The summed E-state index contributed by atoms with van der Waals surface area (Å²) < 4.78 is 16.2. The number of hydrogen-bond donors (Lipinski definition) is 2. The van der Waals surface area contributed by atoms with Crippen LogP contribution < -0.4 is 10.1 Å². The van der Waals surface area contributed by atoms with Crippen LogP contribution in [0.15, 0.2) is 81.2 Å². The minimum absolute atomic E-state index is 0.0323. The summed E-state index contributed by atoms with van der Waals surface area (Å²) in [6.07, 6.45) is 4.99. The van der Waals surface area contributed by atoms with E-state index < -0.39 is 0 Å². The van der Waals surface area contributed by atoms with Crippen molar-refractivity contribution in [3.8, 4) is 5.75 Å². The molecule has 1 aliphatic carbocycles. The number of aliphatic imine (C=N–C) groups is 1. The molecular weight excluding hydrogens is 412 g/mol. The number of rotatable bonds is 10. The van der Waals surface area contributed by atoms with Gasteiger partial charge in [0.2, 0.25) is 0 Å². The second-order valence-electron chi connectivity index (χ2n) is 6.96. The molecule has 0 atom stereocenters. The molecule has 1 aliphatic heterocycles. The fourth-order valence-corrected chi connectivity index (χ4v) is 4.28. The fourth-order valence-electron chi connectivity index (χ4n) is 3.19. The first-order valence-electron chi connectivity index (χ1n) is 10.3. The maximum atomic E-state index is 8.62. The van der Waals surface area contributed by atoms with Gasteiger partial charge in [0, 0.05) is 27.6 Å². The Morgan fingerprint density at radius 1 is 0.903 bits per heavy atom. The number of aliphatic hydroxyl groups is 1. The first-order valence-corrected chi connectivity index (χ1v) is 11.2. The topological polar surface area (TPSA) is 72.3 Å². The van der Waals surface area contributed by atoms with Crippen molar-refractivity contribution in [1.29, 1.82) is 0 Å². The van der Waals surface area contributed by atoms with E-state index in [1.165, 1.54) is 9.80 Å². The third-order valence-corrected chi connectivity index (χ3v) is 5.87. The molecule has 7 heteroatoms. The van der Waals surface area contributed by atoms with Crippen LogP contribution in [-0.2, 0) is 9.47 Å². The van der Waals surface area contributed by atoms with Gasteiger partial charge in [-0.2, -0.15) is 0 Å². The maximum Gasteiger partial charge on any atom is 0.119 e. The van der Waals surface area contributed by atoms with Crippen LogP contribution in [0.1, 0.15) is 6.42 Å². The number of allylic oxidation sites excluding steroid dienone is 3. The van der Waals surface area contributed by atoms with E-state index in [2.05, 4.69) is 35.7 Å². The molecule has 0 spiro atoms. The molecule has 0 saturated carbocycles. The SMILES string of the molecule is OCCOCCOCCOc1ccc(N=C2C=CC3=C(C2)Sc2ccccc2N3)cc1. The quantitative estimate of drug-likeness (QED) is 0.530. The molecule has 2 aromatic carbocycles. The molecule has 31 heavy (non-hydrogen) atoms. The number of ether oxygens (including phenoxy) is 3. The van der Waals surface area contributed by atoms with Gasteiger partial charge in [-0.25, -0.2) is 0 Å². The summed E-state index contributed by atoms with van der Waals surface area (Å²) >= 11 is 1.81. The zero-order chi connectivity index (χ0) is 21.3. The molecule has 2 aliphatic rings. The third-order valence-electron chi connectivity index (χ3n) is 4.69. The van der Waals surface area contributed by atoms with E-state index >= 15 is 0 Å². The average molecular weight is 439 g/mol. The summed E-state index contributed by atoms with van der Waals surface area (Å²) in [5.41, 5.74) is 4.27. The highest BCUT2D eigenvalue weighted by Crippen LogP contribution is 2.42. The lowest BCUT2D eigenvalue weighted by atomic mass is 10.1. The zero-order valence-corrected chi connectivity index (χ0v) is 18.1. The molecule has 0 amide bonds. The van der Waals surface area contributed by atoms with E-state index in [-0.39, 0.29) is 6.61 Å². The molecule has 0 aromatic heterocycles. The van der Waals surface area contributed by atoms with E-state index in [0.717, 1.165) is 35.0 Å². The van der Waals surface area contributed by atoms with Crippen molar-refractivity contribution in [3.63, 3.8) is 0 Å². The number of hydrogen-bond acceptors (Lipinski definition) is 7. The largest absolute Gasteiger partial charge is 0.491 e. The Kier molecular flexibility index (Phi) is 7.79. The van der Waals surface area contributed by atoms with Crippen LogP contribution in [0, 0.1) is 0 Å². The zero-order valence-electron chi connectivity index (χ0n) is 17.3. The van der Waals surface area contributed by atoms with Gasteiger partial charge in [-0.1, -0.05) is 23.9 Å². The van der Waals surface area contributed by atoms with Crippen LogP contribution in [0.25, 0.3) is 0 Å². The Morgan fingerprint density at radius 2 is 1.68 bits per heavy atom. The first-order chi connectivity index (χ1) is 15.3. The monoisotopic (exact) mass is 438 g/mol. The van der Waals surface area contributed by atoms with E-state index in [1.807, 2.05) is 42.1 Å². The smallest absolute Gasteiger partial charge is 0.119 e.